The van der Waals surface area contributed by atoms with Crippen LogP contribution < -0.4 is 0 Å². The summed E-state index contributed by atoms with van der Waals surface area (Å²) in [7, 11) is 0. The standard InChI is InChI=1S/C12H23NO3/c1-2-3-4-5-6-12(15)13-7-8-16-10-11(13)9-14/h11,14H,2-10H2,1H3. The van der Waals surface area contributed by atoms with Gasteiger partial charge in [0.15, 0.2) is 0 Å². The monoisotopic (exact) mass is 229 g/mol. The molecule has 1 amide bonds. The third-order valence-corrected chi connectivity index (χ3v) is 3.00. The van der Waals surface area contributed by atoms with Gasteiger partial charge in [-0.2, -0.15) is 0 Å². The Morgan fingerprint density at radius 3 is 2.94 bits per heavy atom. The van der Waals surface area contributed by atoms with Crippen LogP contribution in [0.4, 0.5) is 0 Å². The summed E-state index contributed by atoms with van der Waals surface area (Å²) in [5.74, 6) is 0.165. The molecule has 0 spiro atoms. The zero-order chi connectivity index (χ0) is 11.8. The summed E-state index contributed by atoms with van der Waals surface area (Å²) in [6.07, 6.45) is 5.07. The van der Waals surface area contributed by atoms with E-state index in [1.54, 1.807) is 4.90 Å². The second-order valence-electron chi connectivity index (χ2n) is 4.31. The first-order valence-electron chi connectivity index (χ1n) is 6.27. The van der Waals surface area contributed by atoms with Gasteiger partial charge in [-0.1, -0.05) is 26.2 Å². The van der Waals surface area contributed by atoms with Crippen LogP contribution in [-0.4, -0.2) is 48.3 Å². The molecule has 4 nitrogen and oxygen atoms in total. The lowest BCUT2D eigenvalue weighted by Gasteiger charge is -2.34. The summed E-state index contributed by atoms with van der Waals surface area (Å²) in [5.41, 5.74) is 0. The van der Waals surface area contributed by atoms with E-state index in [2.05, 4.69) is 6.92 Å². The van der Waals surface area contributed by atoms with E-state index >= 15 is 0 Å². The quantitative estimate of drug-likeness (QED) is 0.696. The van der Waals surface area contributed by atoms with Crippen molar-refractivity contribution in [1.29, 1.82) is 0 Å². The van der Waals surface area contributed by atoms with E-state index in [4.69, 9.17) is 9.84 Å². The Morgan fingerprint density at radius 2 is 2.25 bits per heavy atom. The number of aliphatic hydroxyl groups excluding tert-OH is 1. The Labute approximate surface area is 97.6 Å². The first-order valence-corrected chi connectivity index (χ1v) is 6.27. The number of carbonyl (C=O) groups is 1. The molecule has 1 fully saturated rings. The van der Waals surface area contributed by atoms with E-state index in [-0.39, 0.29) is 18.6 Å². The number of unbranched alkanes of at least 4 members (excludes halogenated alkanes) is 3. The molecular formula is C12H23NO3. The fraction of sp³-hybridized carbons (Fsp3) is 0.917. The van der Waals surface area contributed by atoms with Gasteiger partial charge in [0.25, 0.3) is 0 Å². The second-order valence-corrected chi connectivity index (χ2v) is 4.31. The van der Waals surface area contributed by atoms with Crippen molar-refractivity contribution in [3.8, 4) is 0 Å². The molecule has 1 aliphatic rings. The first-order chi connectivity index (χ1) is 7.79. The average molecular weight is 229 g/mol. The molecule has 0 aromatic carbocycles. The highest BCUT2D eigenvalue weighted by Gasteiger charge is 2.25. The molecule has 0 saturated carbocycles. The number of hydrogen-bond donors (Lipinski definition) is 1. The summed E-state index contributed by atoms with van der Waals surface area (Å²) in [4.78, 5) is 13.7. The van der Waals surface area contributed by atoms with Crippen LogP contribution in [0, 0.1) is 0 Å². The zero-order valence-electron chi connectivity index (χ0n) is 10.2. The molecule has 1 aliphatic heterocycles. The highest BCUT2D eigenvalue weighted by Crippen LogP contribution is 2.11. The Balaban J connectivity index is 2.27. The van der Waals surface area contributed by atoms with Crippen molar-refractivity contribution in [2.45, 2.75) is 45.1 Å². The van der Waals surface area contributed by atoms with E-state index < -0.39 is 0 Å². The molecule has 1 N–H and O–H groups in total. The summed E-state index contributed by atoms with van der Waals surface area (Å²) in [6.45, 7) is 3.85. The Hall–Kier alpha value is -0.610. The maximum absolute atomic E-state index is 11.9. The molecule has 0 radical (unpaired) electrons. The molecular weight excluding hydrogens is 206 g/mol. The van der Waals surface area contributed by atoms with Crippen LogP contribution in [0.15, 0.2) is 0 Å². The molecule has 1 heterocycles. The number of nitrogens with zero attached hydrogens (tertiary/aromatic N) is 1. The molecule has 1 unspecified atom stereocenters. The number of aliphatic hydroxyl groups is 1. The number of amides is 1. The predicted octanol–water partition coefficient (Wildman–Crippen LogP) is 1.18. The normalized spacial score (nSPS) is 21.1. The van der Waals surface area contributed by atoms with Crippen molar-refractivity contribution < 1.29 is 14.6 Å². The number of rotatable bonds is 6. The molecule has 4 heteroatoms. The topological polar surface area (TPSA) is 49.8 Å². The van der Waals surface area contributed by atoms with Crippen LogP contribution in [0.25, 0.3) is 0 Å². The van der Waals surface area contributed by atoms with Gasteiger partial charge in [0.05, 0.1) is 25.9 Å². The highest BCUT2D eigenvalue weighted by molar-refractivity contribution is 5.76. The lowest BCUT2D eigenvalue weighted by Crippen LogP contribution is -2.50. The summed E-state index contributed by atoms with van der Waals surface area (Å²) >= 11 is 0. The summed E-state index contributed by atoms with van der Waals surface area (Å²) in [5, 5.41) is 9.15. The third kappa shape index (κ3) is 4.10. The minimum Gasteiger partial charge on any atom is -0.394 e. The van der Waals surface area contributed by atoms with Gasteiger partial charge in [-0.15, -0.1) is 0 Å². The number of hydrogen-bond acceptors (Lipinski definition) is 3. The van der Waals surface area contributed by atoms with Gasteiger partial charge in [-0.3, -0.25) is 4.79 Å². The molecule has 0 aromatic rings. The molecule has 0 aliphatic carbocycles. The number of carbonyl (C=O) groups excluding carboxylic acids is 1. The zero-order valence-corrected chi connectivity index (χ0v) is 10.2. The van der Waals surface area contributed by atoms with Crippen molar-refractivity contribution in [3.63, 3.8) is 0 Å². The SMILES string of the molecule is CCCCCCC(=O)N1CCOCC1CO. The molecule has 1 rings (SSSR count). The van der Waals surface area contributed by atoms with Crippen molar-refractivity contribution in [3.05, 3.63) is 0 Å². The van der Waals surface area contributed by atoms with Gasteiger partial charge in [0, 0.05) is 13.0 Å². The van der Waals surface area contributed by atoms with Gasteiger partial charge in [-0.05, 0) is 6.42 Å². The molecule has 1 atom stereocenters. The van der Waals surface area contributed by atoms with Gasteiger partial charge >= 0.3 is 0 Å². The fourth-order valence-corrected chi connectivity index (χ4v) is 1.98. The predicted molar refractivity (Wildman–Crippen MR) is 62.2 cm³/mol. The molecule has 0 aromatic heterocycles. The molecule has 16 heavy (non-hydrogen) atoms. The van der Waals surface area contributed by atoms with Crippen molar-refractivity contribution >= 4 is 5.91 Å². The average Bonchev–Trinajstić information content (AvgIpc) is 2.34. The van der Waals surface area contributed by atoms with Crippen LogP contribution in [0.2, 0.25) is 0 Å². The van der Waals surface area contributed by atoms with E-state index in [1.807, 2.05) is 0 Å². The highest BCUT2D eigenvalue weighted by atomic mass is 16.5. The van der Waals surface area contributed by atoms with E-state index in [9.17, 15) is 4.79 Å². The van der Waals surface area contributed by atoms with E-state index in [1.165, 1.54) is 12.8 Å². The minimum absolute atomic E-state index is 0.000694. The Kier molecular flexibility index (Phi) is 6.42. The largest absolute Gasteiger partial charge is 0.394 e. The van der Waals surface area contributed by atoms with Crippen LogP contribution in [0.3, 0.4) is 0 Å². The van der Waals surface area contributed by atoms with Gasteiger partial charge < -0.3 is 14.7 Å². The van der Waals surface area contributed by atoms with Gasteiger partial charge in [0.2, 0.25) is 5.91 Å². The summed E-state index contributed by atoms with van der Waals surface area (Å²) < 4.78 is 5.24. The van der Waals surface area contributed by atoms with Crippen molar-refractivity contribution in [2.24, 2.45) is 0 Å². The first kappa shape index (κ1) is 13.5. The van der Waals surface area contributed by atoms with Crippen molar-refractivity contribution in [2.75, 3.05) is 26.4 Å². The number of ether oxygens (including phenoxy) is 1. The maximum Gasteiger partial charge on any atom is 0.223 e. The lowest BCUT2D eigenvalue weighted by molar-refractivity contribution is -0.141. The minimum atomic E-state index is -0.132. The molecule has 94 valence electrons. The van der Waals surface area contributed by atoms with Crippen LogP contribution in [-0.2, 0) is 9.53 Å². The molecule has 1 saturated heterocycles. The second kappa shape index (κ2) is 7.63. The maximum atomic E-state index is 11.9. The Morgan fingerprint density at radius 1 is 1.44 bits per heavy atom. The number of morpholine rings is 1. The van der Waals surface area contributed by atoms with Crippen LogP contribution in [0.5, 0.6) is 0 Å². The fourth-order valence-electron chi connectivity index (χ4n) is 1.98. The third-order valence-electron chi connectivity index (χ3n) is 3.00. The van der Waals surface area contributed by atoms with Gasteiger partial charge in [-0.25, -0.2) is 0 Å². The van der Waals surface area contributed by atoms with Crippen molar-refractivity contribution in [1.82, 2.24) is 4.90 Å². The smallest absolute Gasteiger partial charge is 0.223 e. The van der Waals surface area contributed by atoms with E-state index in [0.717, 1.165) is 12.8 Å². The van der Waals surface area contributed by atoms with Gasteiger partial charge in [0.1, 0.15) is 0 Å². The van der Waals surface area contributed by atoms with Crippen LogP contribution in [0.1, 0.15) is 39.0 Å². The lowest BCUT2D eigenvalue weighted by atomic mass is 10.1. The van der Waals surface area contributed by atoms with E-state index in [0.29, 0.717) is 26.2 Å². The summed E-state index contributed by atoms with van der Waals surface area (Å²) in [6, 6.07) is -0.132. The molecule has 0 bridgehead atoms. The van der Waals surface area contributed by atoms with Crippen LogP contribution >= 0.6 is 0 Å². The Bertz CT molecular complexity index is 208.